The van der Waals surface area contributed by atoms with Crippen molar-refractivity contribution in [1.82, 2.24) is 4.90 Å². The van der Waals surface area contributed by atoms with Crippen molar-refractivity contribution in [2.45, 2.75) is 25.5 Å². The van der Waals surface area contributed by atoms with Gasteiger partial charge in [0.05, 0.1) is 6.10 Å². The third-order valence-corrected chi connectivity index (χ3v) is 2.05. The predicted octanol–water partition coefficient (Wildman–Crippen LogP) is 0.411. The van der Waals surface area contributed by atoms with Gasteiger partial charge in [-0.1, -0.05) is 0 Å². The van der Waals surface area contributed by atoms with Gasteiger partial charge in [0.25, 0.3) is 0 Å². The van der Waals surface area contributed by atoms with Crippen LogP contribution in [0.15, 0.2) is 0 Å². The number of alkyl halides is 1. The van der Waals surface area contributed by atoms with Crippen molar-refractivity contribution in [3.63, 3.8) is 0 Å². The first-order valence-corrected chi connectivity index (χ1v) is 3.72. The molecule has 0 aromatic carbocycles. The van der Waals surface area contributed by atoms with E-state index in [-0.39, 0.29) is 12.8 Å². The Hall–Kier alpha value is -0.150. The molecular formula is C7H14FNO. The van der Waals surface area contributed by atoms with Gasteiger partial charge in [0.1, 0.15) is 6.67 Å². The number of halogens is 1. The van der Waals surface area contributed by atoms with Crippen molar-refractivity contribution in [3.8, 4) is 0 Å². The van der Waals surface area contributed by atoms with E-state index in [2.05, 4.69) is 0 Å². The molecule has 0 spiro atoms. The molecule has 1 heterocycles. The van der Waals surface area contributed by atoms with E-state index in [1.165, 1.54) is 0 Å². The van der Waals surface area contributed by atoms with E-state index < -0.39 is 0 Å². The maximum Gasteiger partial charge on any atom is 0.102 e. The highest BCUT2D eigenvalue weighted by Crippen LogP contribution is 2.15. The van der Waals surface area contributed by atoms with Crippen molar-refractivity contribution in [2.24, 2.45) is 0 Å². The summed E-state index contributed by atoms with van der Waals surface area (Å²) in [5.74, 6) is 0. The van der Waals surface area contributed by atoms with Crippen LogP contribution in [0, 0.1) is 0 Å². The largest absolute Gasteiger partial charge is 0.392 e. The Bertz CT molecular complexity index is 110. The fraction of sp³-hybridized carbons (Fsp3) is 1.00. The minimum Gasteiger partial charge on any atom is -0.392 e. The number of aliphatic hydroxyl groups is 1. The number of rotatable bonds is 2. The minimum atomic E-state index is -0.308. The van der Waals surface area contributed by atoms with E-state index in [9.17, 15) is 4.39 Å². The third kappa shape index (κ3) is 1.67. The summed E-state index contributed by atoms with van der Waals surface area (Å²) in [5, 5.41) is 9.13. The van der Waals surface area contributed by atoms with Gasteiger partial charge in [0, 0.05) is 19.1 Å². The molecule has 1 fully saturated rings. The molecule has 1 rings (SSSR count). The van der Waals surface area contributed by atoms with Crippen molar-refractivity contribution in [2.75, 3.05) is 19.8 Å². The normalized spacial score (nSPS) is 35.1. The molecular weight excluding hydrogens is 133 g/mol. The molecule has 0 aliphatic carbocycles. The van der Waals surface area contributed by atoms with Crippen molar-refractivity contribution >= 4 is 0 Å². The number of aliphatic hydroxyl groups excluding tert-OH is 1. The van der Waals surface area contributed by atoms with E-state index in [4.69, 9.17) is 5.11 Å². The summed E-state index contributed by atoms with van der Waals surface area (Å²) in [6, 6.07) is 0.353. The lowest BCUT2D eigenvalue weighted by Crippen LogP contribution is -2.29. The lowest BCUT2D eigenvalue weighted by Gasteiger charge is -2.17. The summed E-state index contributed by atoms with van der Waals surface area (Å²) in [7, 11) is 0. The average Bonchev–Trinajstić information content (AvgIpc) is 2.13. The molecule has 0 bridgehead atoms. The molecule has 0 amide bonds. The van der Waals surface area contributed by atoms with E-state index in [0.29, 0.717) is 19.1 Å². The minimum absolute atomic E-state index is 0.235. The first-order valence-electron chi connectivity index (χ1n) is 3.72. The van der Waals surface area contributed by atoms with Gasteiger partial charge in [-0.25, -0.2) is 4.39 Å². The second-order valence-corrected chi connectivity index (χ2v) is 2.92. The van der Waals surface area contributed by atoms with Crippen LogP contribution in [0.1, 0.15) is 13.3 Å². The lowest BCUT2D eigenvalue weighted by molar-refractivity contribution is 0.171. The number of nitrogens with zero attached hydrogens (tertiary/aromatic N) is 1. The Morgan fingerprint density at radius 2 is 2.40 bits per heavy atom. The monoisotopic (exact) mass is 147 g/mol. The average molecular weight is 147 g/mol. The van der Waals surface area contributed by atoms with E-state index in [0.717, 1.165) is 6.42 Å². The molecule has 60 valence electrons. The fourth-order valence-electron chi connectivity index (χ4n) is 1.49. The number of hydrogen-bond donors (Lipinski definition) is 1. The van der Waals surface area contributed by atoms with Crippen molar-refractivity contribution < 1.29 is 9.50 Å². The standard InChI is InChI=1S/C7H14FNO/c1-6-4-7(10)5-9(6)3-2-8/h6-7,10H,2-5H2,1H3/t6-,7+/m1/s1. The highest BCUT2D eigenvalue weighted by atomic mass is 19.1. The van der Waals surface area contributed by atoms with Crippen LogP contribution in [0.4, 0.5) is 4.39 Å². The molecule has 10 heavy (non-hydrogen) atoms. The molecule has 0 radical (unpaired) electrons. The van der Waals surface area contributed by atoms with Gasteiger partial charge in [-0.15, -0.1) is 0 Å². The third-order valence-electron chi connectivity index (χ3n) is 2.05. The molecule has 1 saturated heterocycles. The van der Waals surface area contributed by atoms with Crippen LogP contribution in [-0.2, 0) is 0 Å². The van der Waals surface area contributed by atoms with Gasteiger partial charge >= 0.3 is 0 Å². The van der Waals surface area contributed by atoms with E-state index in [1.54, 1.807) is 0 Å². The topological polar surface area (TPSA) is 23.5 Å². The fourth-order valence-corrected chi connectivity index (χ4v) is 1.49. The Balaban J connectivity index is 2.31. The Morgan fingerprint density at radius 1 is 1.70 bits per heavy atom. The van der Waals surface area contributed by atoms with Crippen LogP contribution in [0.3, 0.4) is 0 Å². The van der Waals surface area contributed by atoms with Crippen molar-refractivity contribution in [3.05, 3.63) is 0 Å². The Labute approximate surface area is 60.6 Å². The molecule has 1 aliphatic heterocycles. The zero-order chi connectivity index (χ0) is 7.56. The molecule has 2 nitrogen and oxygen atoms in total. The second-order valence-electron chi connectivity index (χ2n) is 2.92. The second kappa shape index (κ2) is 3.30. The van der Waals surface area contributed by atoms with E-state index in [1.807, 2.05) is 11.8 Å². The zero-order valence-corrected chi connectivity index (χ0v) is 6.26. The molecule has 0 unspecified atom stereocenters. The molecule has 0 aromatic rings. The zero-order valence-electron chi connectivity index (χ0n) is 6.26. The van der Waals surface area contributed by atoms with E-state index >= 15 is 0 Å². The summed E-state index contributed by atoms with van der Waals surface area (Å²) >= 11 is 0. The number of β-amino-alcohol motifs (C(OH)–C–C–N with tert-alkyl or cyclic N) is 1. The van der Waals surface area contributed by atoms with Crippen LogP contribution < -0.4 is 0 Å². The SMILES string of the molecule is C[C@@H]1C[C@H](O)CN1CCF. The van der Waals surface area contributed by atoms with Crippen LogP contribution in [0.5, 0.6) is 0 Å². The quantitative estimate of drug-likeness (QED) is 0.611. The maximum absolute atomic E-state index is 11.8. The van der Waals surface area contributed by atoms with Crippen molar-refractivity contribution in [1.29, 1.82) is 0 Å². The van der Waals surface area contributed by atoms with Crippen LogP contribution in [-0.4, -0.2) is 41.9 Å². The first-order chi connectivity index (χ1) is 4.74. The molecule has 3 heteroatoms. The summed E-state index contributed by atoms with van der Waals surface area (Å²) in [6.45, 7) is 2.83. The molecule has 0 saturated carbocycles. The van der Waals surface area contributed by atoms with Gasteiger partial charge in [-0.3, -0.25) is 4.90 Å². The van der Waals surface area contributed by atoms with Gasteiger partial charge in [-0.05, 0) is 13.3 Å². The molecule has 1 aliphatic rings. The van der Waals surface area contributed by atoms with Gasteiger partial charge in [-0.2, -0.15) is 0 Å². The van der Waals surface area contributed by atoms with Crippen LogP contribution >= 0.6 is 0 Å². The van der Waals surface area contributed by atoms with Gasteiger partial charge in [0.2, 0.25) is 0 Å². The Morgan fingerprint density at radius 3 is 2.80 bits per heavy atom. The summed E-state index contributed by atoms with van der Waals surface area (Å²) in [4.78, 5) is 1.98. The lowest BCUT2D eigenvalue weighted by atomic mass is 10.2. The summed E-state index contributed by atoms with van der Waals surface area (Å²) in [6.07, 6.45) is 0.557. The number of hydrogen-bond acceptors (Lipinski definition) is 2. The van der Waals surface area contributed by atoms with Crippen LogP contribution in [0.25, 0.3) is 0 Å². The maximum atomic E-state index is 11.8. The van der Waals surface area contributed by atoms with Crippen LogP contribution in [0.2, 0.25) is 0 Å². The highest BCUT2D eigenvalue weighted by Gasteiger charge is 2.26. The summed E-state index contributed by atoms with van der Waals surface area (Å²) in [5.41, 5.74) is 0. The van der Waals surface area contributed by atoms with Gasteiger partial charge < -0.3 is 5.11 Å². The predicted molar refractivity (Wildman–Crippen MR) is 37.6 cm³/mol. The summed E-state index contributed by atoms with van der Waals surface area (Å²) < 4.78 is 11.8. The highest BCUT2D eigenvalue weighted by molar-refractivity contribution is 4.81. The molecule has 2 atom stereocenters. The number of likely N-dealkylation sites (tertiary alicyclic amines) is 1. The molecule has 0 aromatic heterocycles. The smallest absolute Gasteiger partial charge is 0.102 e. The molecule has 1 N–H and O–H groups in total. The first kappa shape index (κ1) is 7.95. The van der Waals surface area contributed by atoms with Gasteiger partial charge in [0.15, 0.2) is 0 Å². The Kier molecular flexibility index (Phi) is 2.63.